The number of aromatic hydroxyl groups is 2. The van der Waals surface area contributed by atoms with Crippen molar-refractivity contribution < 1.29 is 55.3 Å². The number of nitrogens with one attached hydrogen (secondary N) is 4. The zero-order valence-electron chi connectivity index (χ0n) is 27.3. The molecule has 6 aromatic carbocycles. The second kappa shape index (κ2) is 14.3. The van der Waals surface area contributed by atoms with Crippen LogP contribution in [0.4, 0.5) is 22.7 Å². The summed E-state index contributed by atoms with van der Waals surface area (Å²) in [4.78, 5) is 50.8. The Labute approximate surface area is 305 Å². The number of benzene rings is 6. The summed E-state index contributed by atoms with van der Waals surface area (Å²) in [5.74, 6) is -4.64. The van der Waals surface area contributed by atoms with Gasteiger partial charge in [0.05, 0.1) is 11.4 Å². The SMILES string of the molecule is O=C(Nc1cccc(C(=O)Nc2cccc3cc(O)cc(S(=O)(=O)O)c23)c1)C(=O)Nc1cccc(C(=O)Nc2cccc3cc(O)cc(S(=O)(=O)O)c23)c1. The first-order valence-corrected chi connectivity index (χ1v) is 18.3. The molecule has 4 amide bonds. The molecule has 0 aliphatic rings. The lowest BCUT2D eigenvalue weighted by Crippen LogP contribution is -2.29. The fraction of sp³-hybridized carbons (Fsp3) is 0. The van der Waals surface area contributed by atoms with Crippen LogP contribution in [-0.4, -0.2) is 59.8 Å². The number of fused-ring (bicyclic) bond motifs is 2. The molecule has 18 heteroatoms. The van der Waals surface area contributed by atoms with Crippen molar-refractivity contribution in [3.63, 3.8) is 0 Å². The fourth-order valence-electron chi connectivity index (χ4n) is 5.60. The van der Waals surface area contributed by atoms with Crippen molar-refractivity contribution in [3.05, 3.63) is 120 Å². The van der Waals surface area contributed by atoms with Crippen LogP contribution < -0.4 is 21.3 Å². The Morgan fingerprint density at radius 1 is 0.463 bits per heavy atom. The second-order valence-corrected chi connectivity index (χ2v) is 14.4. The van der Waals surface area contributed by atoms with Gasteiger partial charge in [-0.2, -0.15) is 16.8 Å². The molecular weight excluding hydrogens is 745 g/mol. The topological polar surface area (TPSA) is 266 Å². The number of rotatable bonds is 8. The van der Waals surface area contributed by atoms with E-state index in [9.17, 15) is 55.3 Å². The van der Waals surface area contributed by atoms with Crippen molar-refractivity contribution in [2.45, 2.75) is 9.79 Å². The predicted molar refractivity (Wildman–Crippen MR) is 197 cm³/mol. The smallest absolute Gasteiger partial charge is 0.314 e. The summed E-state index contributed by atoms with van der Waals surface area (Å²) in [6.45, 7) is 0. The van der Waals surface area contributed by atoms with Crippen LogP contribution in [0.3, 0.4) is 0 Å². The third-order valence-corrected chi connectivity index (χ3v) is 9.63. The lowest BCUT2D eigenvalue weighted by molar-refractivity contribution is -0.132. The average molecular weight is 771 g/mol. The Morgan fingerprint density at radius 2 is 0.833 bits per heavy atom. The molecule has 16 nitrogen and oxygen atoms in total. The predicted octanol–water partition coefficient (Wildman–Crippen LogP) is 4.98. The highest BCUT2D eigenvalue weighted by atomic mass is 32.2. The molecule has 0 heterocycles. The quantitative estimate of drug-likeness (QED) is 0.0753. The molecule has 0 aromatic heterocycles. The normalized spacial score (nSPS) is 11.5. The van der Waals surface area contributed by atoms with Gasteiger partial charge in [-0.15, -0.1) is 0 Å². The summed E-state index contributed by atoms with van der Waals surface area (Å²) in [7, 11) is -9.62. The molecule has 0 atom stereocenters. The Kier molecular flexibility index (Phi) is 9.76. The van der Waals surface area contributed by atoms with Gasteiger partial charge in [0.25, 0.3) is 32.1 Å². The van der Waals surface area contributed by atoms with Crippen LogP contribution in [0, 0.1) is 0 Å². The van der Waals surface area contributed by atoms with E-state index in [4.69, 9.17) is 0 Å². The van der Waals surface area contributed by atoms with Crippen molar-refractivity contribution in [2.75, 3.05) is 21.3 Å². The summed E-state index contributed by atoms with van der Waals surface area (Å²) >= 11 is 0. The first-order valence-electron chi connectivity index (χ1n) is 15.4. The van der Waals surface area contributed by atoms with E-state index in [1.165, 1.54) is 97.1 Å². The van der Waals surface area contributed by atoms with Gasteiger partial charge in [-0.05, 0) is 71.4 Å². The maximum absolute atomic E-state index is 13.2. The highest BCUT2D eigenvalue weighted by molar-refractivity contribution is 7.86. The Morgan fingerprint density at radius 3 is 1.20 bits per heavy atom. The Hall–Kier alpha value is -6.86. The second-order valence-electron chi connectivity index (χ2n) is 11.6. The molecule has 0 saturated carbocycles. The zero-order valence-corrected chi connectivity index (χ0v) is 28.9. The molecule has 6 aromatic rings. The van der Waals surface area contributed by atoms with E-state index in [0.717, 1.165) is 12.1 Å². The molecule has 6 rings (SSSR count). The number of anilines is 4. The van der Waals surface area contributed by atoms with Crippen LogP contribution in [0.2, 0.25) is 0 Å². The van der Waals surface area contributed by atoms with Crippen LogP contribution in [0.15, 0.2) is 119 Å². The van der Waals surface area contributed by atoms with Crippen LogP contribution in [0.25, 0.3) is 21.5 Å². The average Bonchev–Trinajstić information content (AvgIpc) is 3.10. The molecule has 0 unspecified atom stereocenters. The lowest BCUT2D eigenvalue weighted by Gasteiger charge is -2.13. The molecule has 54 heavy (non-hydrogen) atoms. The lowest BCUT2D eigenvalue weighted by atomic mass is 10.1. The van der Waals surface area contributed by atoms with E-state index >= 15 is 0 Å². The number of carbonyl (C=O) groups is 4. The van der Waals surface area contributed by atoms with Crippen LogP contribution in [0.5, 0.6) is 11.5 Å². The van der Waals surface area contributed by atoms with Gasteiger partial charge >= 0.3 is 11.8 Å². The maximum Gasteiger partial charge on any atom is 0.314 e. The molecular formula is C36H26N4O12S2. The standard InChI is InChI=1S/C36H26N4O12S2/c41-25-15-19-5-3-11-27(31(19)29(17-25)53(47,48)49)39-33(43)21-7-1-9-23(13-21)37-35(45)36(46)38-24-10-2-8-22(14-24)34(44)40-28-12-4-6-20-16-26(42)18-30(32(20)28)54(50,51)52/h1-18,41-42H,(H,37,45)(H,38,46)(H,39,43)(H,40,44)(H,47,48,49)(H,50,51,52). The van der Waals surface area contributed by atoms with Gasteiger partial charge in [-0.1, -0.05) is 36.4 Å². The molecule has 0 spiro atoms. The van der Waals surface area contributed by atoms with Gasteiger partial charge < -0.3 is 31.5 Å². The fourth-order valence-corrected chi connectivity index (χ4v) is 7.11. The van der Waals surface area contributed by atoms with E-state index in [2.05, 4.69) is 21.3 Å². The van der Waals surface area contributed by atoms with Gasteiger partial charge in [0, 0.05) is 45.4 Å². The Bertz CT molecular complexity index is 2600. The van der Waals surface area contributed by atoms with Crippen molar-refractivity contribution in [3.8, 4) is 11.5 Å². The molecule has 0 radical (unpaired) electrons. The number of phenols is 2. The van der Waals surface area contributed by atoms with Gasteiger partial charge in [0.15, 0.2) is 0 Å². The van der Waals surface area contributed by atoms with Crippen molar-refractivity contribution >= 4 is 88.2 Å². The van der Waals surface area contributed by atoms with Crippen LogP contribution >= 0.6 is 0 Å². The van der Waals surface area contributed by atoms with Crippen LogP contribution in [0.1, 0.15) is 20.7 Å². The highest BCUT2D eigenvalue weighted by Crippen LogP contribution is 2.35. The number of phenolic OH excluding ortho intramolecular Hbond substituents is 2. The van der Waals surface area contributed by atoms with Crippen LogP contribution in [-0.2, 0) is 29.8 Å². The first kappa shape index (κ1) is 36.9. The monoisotopic (exact) mass is 770 g/mol. The third-order valence-electron chi connectivity index (χ3n) is 7.87. The van der Waals surface area contributed by atoms with E-state index in [-0.39, 0.29) is 55.4 Å². The summed E-state index contributed by atoms with van der Waals surface area (Å²) < 4.78 is 67.6. The summed E-state index contributed by atoms with van der Waals surface area (Å²) in [5.41, 5.74) is 0.0333. The zero-order chi connectivity index (χ0) is 38.9. The molecule has 0 saturated heterocycles. The molecule has 0 aliphatic heterocycles. The minimum Gasteiger partial charge on any atom is -0.508 e. The minimum atomic E-state index is -4.81. The minimum absolute atomic E-state index is 0.00452. The van der Waals surface area contributed by atoms with Gasteiger partial charge in [-0.25, -0.2) is 0 Å². The third kappa shape index (κ3) is 7.96. The number of hydrogen-bond acceptors (Lipinski definition) is 10. The largest absolute Gasteiger partial charge is 0.508 e. The van der Waals surface area contributed by atoms with E-state index in [0.29, 0.717) is 0 Å². The molecule has 0 aliphatic carbocycles. The van der Waals surface area contributed by atoms with E-state index in [1.807, 2.05) is 0 Å². The maximum atomic E-state index is 13.2. The van der Waals surface area contributed by atoms with E-state index < -0.39 is 65.2 Å². The van der Waals surface area contributed by atoms with Crippen molar-refractivity contribution in [2.24, 2.45) is 0 Å². The number of carbonyl (C=O) groups excluding carboxylic acids is 4. The van der Waals surface area contributed by atoms with Gasteiger partial charge in [0.1, 0.15) is 21.3 Å². The Balaban J connectivity index is 1.15. The molecule has 0 bridgehead atoms. The van der Waals surface area contributed by atoms with Crippen molar-refractivity contribution in [1.82, 2.24) is 0 Å². The first-order chi connectivity index (χ1) is 25.5. The summed E-state index contributed by atoms with van der Waals surface area (Å²) in [6, 6.07) is 23.7. The highest BCUT2D eigenvalue weighted by Gasteiger charge is 2.22. The van der Waals surface area contributed by atoms with Gasteiger partial charge in [-0.3, -0.25) is 28.3 Å². The summed E-state index contributed by atoms with van der Waals surface area (Å²) in [5, 5.41) is 30.0. The molecule has 274 valence electrons. The molecule has 0 fully saturated rings. The van der Waals surface area contributed by atoms with E-state index in [1.54, 1.807) is 0 Å². The number of hydrogen-bond donors (Lipinski definition) is 8. The molecule has 8 N–H and O–H groups in total. The van der Waals surface area contributed by atoms with Crippen molar-refractivity contribution in [1.29, 1.82) is 0 Å². The van der Waals surface area contributed by atoms with Gasteiger partial charge in [0.2, 0.25) is 0 Å². The number of amides is 4. The summed E-state index contributed by atoms with van der Waals surface area (Å²) in [6.07, 6.45) is 0.